The van der Waals surface area contributed by atoms with E-state index in [0.29, 0.717) is 6.54 Å². The molecule has 0 unspecified atom stereocenters. The van der Waals surface area contributed by atoms with Gasteiger partial charge in [-0.25, -0.2) is 4.98 Å². The van der Waals surface area contributed by atoms with Gasteiger partial charge in [0.1, 0.15) is 5.82 Å². The number of hydrogen-bond donors (Lipinski definition) is 2. The van der Waals surface area contributed by atoms with Crippen LogP contribution in [0.5, 0.6) is 0 Å². The Labute approximate surface area is 92.7 Å². The number of imidazole rings is 1. The molecule has 4 heteroatoms. The Morgan fingerprint density at radius 2 is 2.19 bits per heavy atom. The van der Waals surface area contributed by atoms with E-state index in [1.807, 2.05) is 29.1 Å². The minimum Gasteiger partial charge on any atom is -0.359 e. The molecule has 0 saturated carbocycles. The van der Waals surface area contributed by atoms with Gasteiger partial charge in [0.25, 0.3) is 0 Å². The molecule has 0 amide bonds. The Kier molecular flexibility index (Phi) is 2.01. The second-order valence-corrected chi connectivity index (χ2v) is 3.64. The van der Waals surface area contributed by atoms with Crippen molar-refractivity contribution in [1.29, 1.82) is 0 Å². The molecule has 0 radical (unpaired) electrons. The summed E-state index contributed by atoms with van der Waals surface area (Å²) in [7, 11) is 0. The van der Waals surface area contributed by atoms with Gasteiger partial charge in [-0.2, -0.15) is 0 Å². The second kappa shape index (κ2) is 3.50. The van der Waals surface area contributed by atoms with Crippen LogP contribution in [-0.2, 0) is 6.54 Å². The lowest BCUT2D eigenvalue weighted by atomic mass is 10.2. The van der Waals surface area contributed by atoms with Crippen LogP contribution in [0.3, 0.4) is 0 Å². The molecule has 16 heavy (non-hydrogen) atoms. The first-order chi connectivity index (χ1) is 7.90. The molecular weight excluding hydrogens is 200 g/mol. The Morgan fingerprint density at radius 1 is 1.31 bits per heavy atom. The average Bonchev–Trinajstić information content (AvgIpc) is 2.94. The van der Waals surface area contributed by atoms with Crippen LogP contribution in [0.1, 0.15) is 5.82 Å². The summed E-state index contributed by atoms with van der Waals surface area (Å²) in [5.74, 6) is 0.866. The number of fused-ring (bicyclic) bond motifs is 1. The Bertz CT molecular complexity index is 621. The highest BCUT2D eigenvalue weighted by atomic mass is 15.1. The summed E-state index contributed by atoms with van der Waals surface area (Å²) >= 11 is 0. The molecule has 0 atom stereocenters. The van der Waals surface area contributed by atoms with E-state index in [0.717, 1.165) is 17.0 Å². The fourth-order valence-electron chi connectivity index (χ4n) is 1.96. The number of aromatic amines is 1. The van der Waals surface area contributed by atoms with Gasteiger partial charge < -0.3 is 15.3 Å². The summed E-state index contributed by atoms with van der Waals surface area (Å²) in [5, 5.41) is 1.18. The largest absolute Gasteiger partial charge is 0.359 e. The number of nitrogens with zero attached hydrogens (tertiary/aromatic N) is 2. The van der Waals surface area contributed by atoms with Crippen LogP contribution in [0.25, 0.3) is 16.6 Å². The van der Waals surface area contributed by atoms with Crippen LogP contribution < -0.4 is 5.73 Å². The lowest BCUT2D eigenvalue weighted by molar-refractivity contribution is 0.871. The molecule has 2 aromatic heterocycles. The summed E-state index contributed by atoms with van der Waals surface area (Å²) in [6, 6.07) is 8.18. The fraction of sp³-hybridized carbons (Fsp3) is 0.0833. The molecule has 3 aromatic rings. The normalized spacial score (nSPS) is 11.1. The summed E-state index contributed by atoms with van der Waals surface area (Å²) in [4.78, 5) is 7.46. The molecule has 0 saturated heterocycles. The number of rotatable bonds is 2. The summed E-state index contributed by atoms with van der Waals surface area (Å²) < 4.78 is 2.01. The van der Waals surface area contributed by atoms with Gasteiger partial charge in [-0.3, -0.25) is 0 Å². The van der Waals surface area contributed by atoms with Crippen molar-refractivity contribution in [1.82, 2.24) is 14.5 Å². The van der Waals surface area contributed by atoms with Crippen LogP contribution in [0, 0.1) is 0 Å². The van der Waals surface area contributed by atoms with E-state index >= 15 is 0 Å². The van der Waals surface area contributed by atoms with E-state index < -0.39 is 0 Å². The molecule has 0 aliphatic heterocycles. The van der Waals surface area contributed by atoms with Crippen molar-refractivity contribution in [3.8, 4) is 5.69 Å². The summed E-state index contributed by atoms with van der Waals surface area (Å²) in [6.45, 7) is 0.437. The first-order valence-corrected chi connectivity index (χ1v) is 5.19. The maximum Gasteiger partial charge on any atom is 0.127 e. The first kappa shape index (κ1) is 9.18. The highest BCUT2D eigenvalue weighted by Crippen LogP contribution is 2.22. The van der Waals surface area contributed by atoms with Gasteiger partial charge in [0.2, 0.25) is 0 Å². The number of hydrogen-bond acceptors (Lipinski definition) is 2. The summed E-state index contributed by atoms with van der Waals surface area (Å²) in [6.07, 6.45) is 5.67. The molecule has 3 N–H and O–H groups in total. The molecule has 0 aliphatic rings. The van der Waals surface area contributed by atoms with Crippen molar-refractivity contribution < 1.29 is 0 Å². The van der Waals surface area contributed by atoms with Crippen molar-refractivity contribution in [2.45, 2.75) is 6.54 Å². The zero-order valence-electron chi connectivity index (χ0n) is 8.72. The van der Waals surface area contributed by atoms with Gasteiger partial charge in [-0.1, -0.05) is 18.2 Å². The third-order valence-electron chi connectivity index (χ3n) is 2.73. The van der Waals surface area contributed by atoms with Crippen molar-refractivity contribution in [3.05, 3.63) is 48.7 Å². The van der Waals surface area contributed by atoms with Crippen LogP contribution in [0.4, 0.5) is 0 Å². The zero-order valence-corrected chi connectivity index (χ0v) is 8.72. The molecule has 80 valence electrons. The Morgan fingerprint density at radius 3 is 3.06 bits per heavy atom. The zero-order chi connectivity index (χ0) is 11.0. The standard InChI is InChI=1S/C12H12N4/c13-7-12-14-5-6-16(12)11-8-15-10-4-2-1-3-9(10)11/h1-6,8,15H,7,13H2. The van der Waals surface area contributed by atoms with E-state index in [2.05, 4.69) is 22.1 Å². The monoisotopic (exact) mass is 212 g/mol. The van der Waals surface area contributed by atoms with Gasteiger partial charge in [0.05, 0.1) is 12.2 Å². The Balaban J connectivity index is 2.26. The van der Waals surface area contributed by atoms with Gasteiger partial charge in [0.15, 0.2) is 0 Å². The lowest BCUT2D eigenvalue weighted by Gasteiger charge is -2.03. The second-order valence-electron chi connectivity index (χ2n) is 3.64. The fourth-order valence-corrected chi connectivity index (χ4v) is 1.96. The Hall–Kier alpha value is -2.07. The van der Waals surface area contributed by atoms with E-state index in [1.54, 1.807) is 6.20 Å². The third-order valence-corrected chi connectivity index (χ3v) is 2.73. The lowest BCUT2D eigenvalue weighted by Crippen LogP contribution is -2.05. The number of para-hydroxylation sites is 1. The predicted molar refractivity (Wildman–Crippen MR) is 63.3 cm³/mol. The van der Waals surface area contributed by atoms with Crippen LogP contribution >= 0.6 is 0 Å². The maximum atomic E-state index is 5.65. The minimum atomic E-state index is 0.437. The van der Waals surface area contributed by atoms with Crippen LogP contribution in [0.2, 0.25) is 0 Å². The summed E-state index contributed by atoms with van der Waals surface area (Å²) in [5.41, 5.74) is 7.86. The number of benzene rings is 1. The number of H-pyrrole nitrogens is 1. The van der Waals surface area contributed by atoms with Crippen molar-refractivity contribution >= 4 is 10.9 Å². The molecular formula is C12H12N4. The molecule has 0 aliphatic carbocycles. The number of nitrogens with one attached hydrogen (secondary N) is 1. The van der Waals surface area contributed by atoms with Gasteiger partial charge >= 0.3 is 0 Å². The van der Waals surface area contributed by atoms with Crippen molar-refractivity contribution in [2.75, 3.05) is 0 Å². The maximum absolute atomic E-state index is 5.65. The molecule has 4 nitrogen and oxygen atoms in total. The van der Waals surface area contributed by atoms with E-state index in [9.17, 15) is 0 Å². The molecule has 0 fully saturated rings. The highest BCUT2D eigenvalue weighted by molar-refractivity contribution is 5.88. The van der Waals surface area contributed by atoms with E-state index in [4.69, 9.17) is 5.73 Å². The van der Waals surface area contributed by atoms with Crippen molar-refractivity contribution in [3.63, 3.8) is 0 Å². The molecule has 0 spiro atoms. The smallest absolute Gasteiger partial charge is 0.127 e. The predicted octanol–water partition coefficient (Wildman–Crippen LogP) is 1.81. The number of nitrogens with two attached hydrogens (primary N) is 1. The van der Waals surface area contributed by atoms with Gasteiger partial charge in [-0.15, -0.1) is 0 Å². The average molecular weight is 212 g/mol. The topological polar surface area (TPSA) is 59.6 Å². The number of aromatic nitrogens is 3. The van der Waals surface area contributed by atoms with Crippen LogP contribution in [-0.4, -0.2) is 14.5 Å². The molecule has 3 rings (SSSR count). The van der Waals surface area contributed by atoms with Gasteiger partial charge in [0, 0.05) is 29.5 Å². The van der Waals surface area contributed by atoms with E-state index in [1.165, 1.54) is 5.39 Å². The quantitative estimate of drug-likeness (QED) is 0.680. The van der Waals surface area contributed by atoms with Crippen molar-refractivity contribution in [2.24, 2.45) is 5.73 Å². The molecule has 2 heterocycles. The van der Waals surface area contributed by atoms with Gasteiger partial charge in [-0.05, 0) is 6.07 Å². The third kappa shape index (κ3) is 1.24. The first-order valence-electron chi connectivity index (χ1n) is 5.19. The van der Waals surface area contributed by atoms with E-state index in [-0.39, 0.29) is 0 Å². The molecule has 1 aromatic carbocycles. The SMILES string of the molecule is NCc1nccn1-c1c[nH]c2ccccc12. The minimum absolute atomic E-state index is 0.437. The van der Waals surface area contributed by atoms with Crippen LogP contribution in [0.15, 0.2) is 42.9 Å². The highest BCUT2D eigenvalue weighted by Gasteiger charge is 2.07. The molecule has 0 bridgehead atoms.